The zero-order valence-electron chi connectivity index (χ0n) is 10.7. The maximum atomic E-state index is 12.2. The first kappa shape index (κ1) is 17.1. The zero-order chi connectivity index (χ0) is 15.3. The van der Waals surface area contributed by atoms with Gasteiger partial charge in [-0.25, -0.2) is 4.79 Å². The molecule has 0 saturated heterocycles. The highest BCUT2D eigenvalue weighted by Gasteiger charge is 2.22. The molecule has 0 amide bonds. The molecule has 0 saturated carbocycles. The highest BCUT2D eigenvalue weighted by molar-refractivity contribution is 6.45. The van der Waals surface area contributed by atoms with E-state index in [1.807, 2.05) is 6.92 Å². The lowest BCUT2D eigenvalue weighted by Crippen LogP contribution is -2.16. The normalized spacial score (nSPS) is 12.0. The summed E-state index contributed by atoms with van der Waals surface area (Å²) in [6.45, 7) is 1.31. The monoisotopic (exact) mass is 338 g/mol. The van der Waals surface area contributed by atoms with Crippen molar-refractivity contribution in [2.75, 3.05) is 12.5 Å². The Kier molecular flexibility index (Phi) is 6.59. The molecule has 0 aliphatic rings. The van der Waals surface area contributed by atoms with Gasteiger partial charge in [0.1, 0.15) is 10.8 Å². The quantitative estimate of drug-likeness (QED) is 0.604. The molecule has 0 aromatic heterocycles. The van der Waals surface area contributed by atoms with Crippen LogP contribution in [0, 0.1) is 5.92 Å². The Morgan fingerprint density at radius 2 is 1.95 bits per heavy atom. The molecule has 0 aliphatic carbocycles. The van der Waals surface area contributed by atoms with E-state index in [9.17, 15) is 9.59 Å². The second-order valence-corrected chi connectivity index (χ2v) is 5.11. The van der Waals surface area contributed by atoms with Crippen molar-refractivity contribution in [1.29, 1.82) is 0 Å². The first-order valence-electron chi connectivity index (χ1n) is 5.85. The summed E-state index contributed by atoms with van der Waals surface area (Å²) in [6, 6.07) is 2.88. The predicted octanol–water partition coefficient (Wildman–Crippen LogP) is 3.90. The van der Waals surface area contributed by atoms with Crippen molar-refractivity contribution in [3.8, 4) is 5.75 Å². The third kappa shape index (κ3) is 4.01. The minimum absolute atomic E-state index is 0.0168. The van der Waals surface area contributed by atoms with Gasteiger partial charge >= 0.3 is 5.97 Å². The molecule has 110 valence electrons. The second-order valence-electron chi connectivity index (χ2n) is 4.05. The number of halogens is 3. The second kappa shape index (κ2) is 7.72. The maximum Gasteiger partial charge on any atom is 0.341 e. The molecule has 0 bridgehead atoms. The Bertz CT molecular complexity index is 513. The van der Waals surface area contributed by atoms with Crippen LogP contribution in [0.4, 0.5) is 0 Å². The molecule has 0 radical (unpaired) electrons. The standard InChI is InChI=1S/C13H13Cl3O4/c1-2-7(5-14)13(19)8-3-4-9(12(16)11(8)15)20-6-10(17)18/h3-4,7H,2,5-6H2,1H3,(H,17,18)/t7-/m0/s1. The van der Waals surface area contributed by atoms with E-state index in [1.165, 1.54) is 12.1 Å². The van der Waals surface area contributed by atoms with Gasteiger partial charge in [0.2, 0.25) is 0 Å². The van der Waals surface area contributed by atoms with Crippen LogP contribution < -0.4 is 4.74 Å². The maximum absolute atomic E-state index is 12.2. The molecule has 20 heavy (non-hydrogen) atoms. The fraction of sp³-hybridized carbons (Fsp3) is 0.385. The summed E-state index contributed by atoms with van der Waals surface area (Å²) in [5.74, 6) is -1.35. The predicted molar refractivity (Wildman–Crippen MR) is 78.4 cm³/mol. The lowest BCUT2D eigenvalue weighted by atomic mass is 9.97. The molecule has 1 atom stereocenters. The molecular weight excluding hydrogens is 326 g/mol. The minimum atomic E-state index is -1.13. The molecule has 0 heterocycles. The van der Waals surface area contributed by atoms with E-state index in [4.69, 9.17) is 44.6 Å². The zero-order valence-corrected chi connectivity index (χ0v) is 12.9. The van der Waals surface area contributed by atoms with Crippen LogP contribution in [0.1, 0.15) is 23.7 Å². The molecule has 1 aromatic carbocycles. The lowest BCUT2D eigenvalue weighted by molar-refractivity contribution is -0.139. The summed E-state index contributed by atoms with van der Waals surface area (Å²) >= 11 is 17.8. The highest BCUT2D eigenvalue weighted by Crippen LogP contribution is 2.36. The van der Waals surface area contributed by atoms with Crippen molar-refractivity contribution >= 4 is 46.6 Å². The number of alkyl halides is 1. The fourth-order valence-corrected chi connectivity index (χ4v) is 2.38. The Balaban J connectivity index is 3.05. The number of Topliss-reactive ketones (excluding diaryl/α,β-unsaturated/α-hetero) is 1. The number of hydrogen-bond donors (Lipinski definition) is 1. The number of aliphatic carboxylic acids is 1. The third-order valence-corrected chi connectivity index (χ3v) is 3.95. The Hall–Kier alpha value is -0.970. The van der Waals surface area contributed by atoms with Crippen molar-refractivity contribution in [3.05, 3.63) is 27.7 Å². The van der Waals surface area contributed by atoms with Crippen molar-refractivity contribution in [2.45, 2.75) is 13.3 Å². The van der Waals surface area contributed by atoms with Crippen LogP contribution in [-0.4, -0.2) is 29.3 Å². The SMILES string of the molecule is CC[C@@H](CCl)C(=O)c1ccc(OCC(=O)O)c(Cl)c1Cl. The smallest absolute Gasteiger partial charge is 0.341 e. The number of ketones is 1. The van der Waals surface area contributed by atoms with Crippen molar-refractivity contribution < 1.29 is 19.4 Å². The summed E-state index contributed by atoms with van der Waals surface area (Å²) in [6.07, 6.45) is 0.591. The van der Waals surface area contributed by atoms with Gasteiger partial charge in [-0.3, -0.25) is 4.79 Å². The van der Waals surface area contributed by atoms with Crippen molar-refractivity contribution in [2.24, 2.45) is 5.92 Å². The molecule has 0 fully saturated rings. The summed E-state index contributed by atoms with van der Waals surface area (Å²) in [5.41, 5.74) is 0.256. The number of carbonyl (C=O) groups excluding carboxylic acids is 1. The summed E-state index contributed by atoms with van der Waals surface area (Å²) < 4.78 is 4.97. The van der Waals surface area contributed by atoms with E-state index in [-0.39, 0.29) is 38.9 Å². The molecule has 0 aliphatic heterocycles. The minimum Gasteiger partial charge on any atom is -0.480 e. The van der Waals surface area contributed by atoms with E-state index in [2.05, 4.69) is 0 Å². The number of carboxylic acid groups (broad SMARTS) is 1. The lowest BCUT2D eigenvalue weighted by Gasteiger charge is -2.14. The average Bonchev–Trinajstić information content (AvgIpc) is 2.41. The molecule has 0 unspecified atom stereocenters. The van der Waals surface area contributed by atoms with Crippen molar-refractivity contribution in [1.82, 2.24) is 0 Å². The van der Waals surface area contributed by atoms with Crippen LogP contribution in [0.3, 0.4) is 0 Å². The largest absolute Gasteiger partial charge is 0.480 e. The van der Waals surface area contributed by atoms with Crippen molar-refractivity contribution in [3.63, 3.8) is 0 Å². The first-order chi connectivity index (χ1) is 9.42. The number of hydrogen-bond acceptors (Lipinski definition) is 3. The summed E-state index contributed by atoms with van der Waals surface area (Å²) in [4.78, 5) is 22.6. The summed E-state index contributed by atoms with van der Waals surface area (Å²) in [5, 5.41) is 8.61. The van der Waals surface area contributed by atoms with Gasteiger partial charge in [-0.15, -0.1) is 11.6 Å². The van der Waals surface area contributed by atoms with Crippen LogP contribution in [0.2, 0.25) is 10.0 Å². The Morgan fingerprint density at radius 3 is 2.45 bits per heavy atom. The average molecular weight is 340 g/mol. The third-order valence-electron chi connectivity index (χ3n) is 2.71. The highest BCUT2D eigenvalue weighted by atomic mass is 35.5. The topological polar surface area (TPSA) is 63.6 Å². The van der Waals surface area contributed by atoms with Gasteiger partial charge in [-0.1, -0.05) is 30.1 Å². The van der Waals surface area contributed by atoms with Gasteiger partial charge in [0.25, 0.3) is 0 Å². The van der Waals surface area contributed by atoms with Gasteiger partial charge in [0.05, 0.1) is 5.02 Å². The van der Waals surface area contributed by atoms with Crippen LogP contribution in [0.15, 0.2) is 12.1 Å². The van der Waals surface area contributed by atoms with Crippen LogP contribution in [0.25, 0.3) is 0 Å². The Morgan fingerprint density at radius 1 is 1.30 bits per heavy atom. The van der Waals surface area contributed by atoms with Gasteiger partial charge in [0, 0.05) is 17.4 Å². The van der Waals surface area contributed by atoms with Crippen LogP contribution in [-0.2, 0) is 4.79 Å². The number of carboxylic acids is 1. The molecule has 1 rings (SSSR count). The van der Waals surface area contributed by atoms with Gasteiger partial charge in [0.15, 0.2) is 12.4 Å². The van der Waals surface area contributed by atoms with Gasteiger partial charge in [-0.2, -0.15) is 0 Å². The van der Waals surface area contributed by atoms with Gasteiger partial charge < -0.3 is 9.84 Å². The molecule has 0 spiro atoms. The summed E-state index contributed by atoms with van der Waals surface area (Å²) in [7, 11) is 0. The number of benzene rings is 1. The number of rotatable bonds is 7. The van der Waals surface area contributed by atoms with Gasteiger partial charge in [-0.05, 0) is 18.6 Å². The van der Waals surface area contributed by atoms with E-state index in [1.54, 1.807) is 0 Å². The number of ether oxygens (including phenoxy) is 1. The molecule has 4 nitrogen and oxygen atoms in total. The molecular formula is C13H13Cl3O4. The Labute approximate surface area is 131 Å². The van der Waals surface area contributed by atoms with Crippen LogP contribution in [0.5, 0.6) is 5.75 Å². The van der Waals surface area contributed by atoms with E-state index >= 15 is 0 Å². The van der Waals surface area contributed by atoms with E-state index in [0.717, 1.165) is 0 Å². The fourth-order valence-electron chi connectivity index (χ4n) is 1.56. The first-order valence-corrected chi connectivity index (χ1v) is 7.14. The van der Waals surface area contributed by atoms with E-state index in [0.29, 0.717) is 6.42 Å². The molecule has 7 heteroatoms. The number of carbonyl (C=O) groups is 2. The molecule has 1 N–H and O–H groups in total. The molecule has 1 aromatic rings. The van der Waals surface area contributed by atoms with E-state index < -0.39 is 12.6 Å². The van der Waals surface area contributed by atoms with Crippen LogP contribution >= 0.6 is 34.8 Å².